The summed E-state index contributed by atoms with van der Waals surface area (Å²) in [5, 5.41) is 8.63. The Labute approximate surface area is 78.7 Å². The molecule has 0 radical (unpaired) electrons. The minimum atomic E-state index is -2.04. The van der Waals surface area contributed by atoms with Gasteiger partial charge in [-0.15, -0.1) is 0 Å². The number of halogens is 2. The summed E-state index contributed by atoms with van der Waals surface area (Å²) in [5.41, 5.74) is -0.120. The molecule has 0 aliphatic carbocycles. The van der Waals surface area contributed by atoms with Crippen molar-refractivity contribution in [2.45, 2.75) is 5.82 Å². The number of para-hydroxylation sites is 1. The number of hydrogen-bond donors (Lipinski definition) is 1. The SMILES string of the molecule is O=C(O)c1ccccc1OC(F)Cl. The first-order valence-corrected chi connectivity index (χ1v) is 3.82. The van der Waals surface area contributed by atoms with Crippen molar-refractivity contribution in [2.24, 2.45) is 0 Å². The Balaban J connectivity index is 2.98. The quantitative estimate of drug-likeness (QED) is 0.769. The molecule has 0 heterocycles. The van der Waals surface area contributed by atoms with Crippen LogP contribution in [0.25, 0.3) is 0 Å². The van der Waals surface area contributed by atoms with Gasteiger partial charge in [0.15, 0.2) is 0 Å². The average molecular weight is 205 g/mol. The summed E-state index contributed by atoms with van der Waals surface area (Å²) in [5.74, 6) is -3.31. The monoisotopic (exact) mass is 204 g/mol. The van der Waals surface area contributed by atoms with Crippen LogP contribution in [0.3, 0.4) is 0 Å². The van der Waals surface area contributed by atoms with E-state index in [9.17, 15) is 9.18 Å². The van der Waals surface area contributed by atoms with Gasteiger partial charge in [-0.05, 0) is 23.7 Å². The smallest absolute Gasteiger partial charge is 0.339 e. The Morgan fingerprint density at radius 2 is 2.15 bits per heavy atom. The molecule has 5 heteroatoms. The maximum absolute atomic E-state index is 12.2. The number of carboxylic acids is 1. The molecule has 0 amide bonds. The zero-order chi connectivity index (χ0) is 9.84. The van der Waals surface area contributed by atoms with Crippen molar-refractivity contribution in [2.75, 3.05) is 0 Å². The van der Waals surface area contributed by atoms with E-state index in [4.69, 9.17) is 16.7 Å². The van der Waals surface area contributed by atoms with E-state index in [0.29, 0.717) is 0 Å². The highest BCUT2D eigenvalue weighted by atomic mass is 35.5. The third-order valence-corrected chi connectivity index (χ3v) is 1.42. The molecule has 0 aliphatic rings. The van der Waals surface area contributed by atoms with E-state index >= 15 is 0 Å². The van der Waals surface area contributed by atoms with E-state index in [0.717, 1.165) is 0 Å². The lowest BCUT2D eigenvalue weighted by Crippen LogP contribution is -2.06. The van der Waals surface area contributed by atoms with Crippen LogP contribution < -0.4 is 4.74 Å². The molecule has 1 rings (SSSR count). The fourth-order valence-electron chi connectivity index (χ4n) is 0.842. The zero-order valence-corrected chi connectivity index (χ0v) is 7.16. The fraction of sp³-hybridized carbons (Fsp3) is 0.125. The Hall–Kier alpha value is -1.29. The number of carbonyl (C=O) groups is 1. The number of carboxylic acid groups (broad SMARTS) is 1. The molecule has 13 heavy (non-hydrogen) atoms. The number of alkyl halides is 2. The van der Waals surface area contributed by atoms with E-state index in [1.807, 2.05) is 0 Å². The van der Waals surface area contributed by atoms with Gasteiger partial charge in [-0.2, -0.15) is 4.39 Å². The predicted octanol–water partition coefficient (Wildman–Crippen LogP) is 2.26. The van der Waals surface area contributed by atoms with E-state index in [1.165, 1.54) is 24.3 Å². The summed E-state index contributed by atoms with van der Waals surface area (Å²) in [6.07, 6.45) is 0. The molecule has 0 spiro atoms. The lowest BCUT2D eigenvalue weighted by molar-refractivity contribution is 0.0685. The molecule has 1 atom stereocenters. The van der Waals surface area contributed by atoms with Gasteiger partial charge in [-0.25, -0.2) is 4.79 Å². The van der Waals surface area contributed by atoms with Crippen LogP contribution in [0.4, 0.5) is 4.39 Å². The Kier molecular flexibility index (Phi) is 3.08. The molecule has 0 saturated heterocycles. The molecular formula is C8H6ClFO3. The lowest BCUT2D eigenvalue weighted by Gasteiger charge is -2.07. The van der Waals surface area contributed by atoms with Crippen LogP contribution in [-0.4, -0.2) is 16.9 Å². The second kappa shape index (κ2) is 4.09. The van der Waals surface area contributed by atoms with E-state index < -0.39 is 11.8 Å². The van der Waals surface area contributed by atoms with Gasteiger partial charge >= 0.3 is 11.8 Å². The van der Waals surface area contributed by atoms with Crippen molar-refractivity contribution in [3.63, 3.8) is 0 Å². The van der Waals surface area contributed by atoms with E-state index in [1.54, 1.807) is 0 Å². The Morgan fingerprint density at radius 1 is 1.54 bits per heavy atom. The molecule has 1 N–H and O–H groups in total. The van der Waals surface area contributed by atoms with Crippen LogP contribution in [0.5, 0.6) is 5.75 Å². The van der Waals surface area contributed by atoms with Gasteiger partial charge in [0.25, 0.3) is 0 Å². The molecule has 0 aliphatic heterocycles. The van der Waals surface area contributed by atoms with Gasteiger partial charge in [0.2, 0.25) is 0 Å². The topological polar surface area (TPSA) is 46.5 Å². The first-order chi connectivity index (χ1) is 6.11. The van der Waals surface area contributed by atoms with E-state index in [2.05, 4.69) is 4.74 Å². The molecule has 3 nitrogen and oxygen atoms in total. The second-order valence-electron chi connectivity index (χ2n) is 2.18. The summed E-state index contributed by atoms with van der Waals surface area (Å²) >= 11 is 4.91. The Bertz CT molecular complexity index is 314. The predicted molar refractivity (Wildman–Crippen MR) is 44.8 cm³/mol. The summed E-state index contributed by atoms with van der Waals surface area (Å²) in [7, 11) is 0. The lowest BCUT2D eigenvalue weighted by atomic mass is 10.2. The second-order valence-corrected chi connectivity index (χ2v) is 2.52. The molecule has 1 aromatic carbocycles. The zero-order valence-electron chi connectivity index (χ0n) is 6.41. The largest absolute Gasteiger partial charge is 0.478 e. The summed E-state index contributed by atoms with van der Waals surface area (Å²) < 4.78 is 16.6. The fourth-order valence-corrected chi connectivity index (χ4v) is 0.938. The van der Waals surface area contributed by atoms with Crippen LogP contribution in [-0.2, 0) is 0 Å². The summed E-state index contributed by atoms with van der Waals surface area (Å²) in [4.78, 5) is 10.6. The molecule has 1 unspecified atom stereocenters. The third kappa shape index (κ3) is 2.59. The van der Waals surface area contributed by atoms with Crippen molar-refractivity contribution >= 4 is 17.6 Å². The molecular weight excluding hydrogens is 199 g/mol. The normalized spacial score (nSPS) is 12.2. The average Bonchev–Trinajstić information content (AvgIpc) is 2.03. The molecule has 1 aromatic rings. The molecule has 0 aromatic heterocycles. The van der Waals surface area contributed by atoms with Gasteiger partial charge in [0, 0.05) is 0 Å². The maximum atomic E-state index is 12.2. The highest BCUT2D eigenvalue weighted by Crippen LogP contribution is 2.20. The molecule has 0 saturated carbocycles. The highest BCUT2D eigenvalue weighted by molar-refractivity contribution is 6.18. The van der Waals surface area contributed by atoms with Crippen molar-refractivity contribution in [3.8, 4) is 5.75 Å². The number of aromatic carboxylic acids is 1. The van der Waals surface area contributed by atoms with E-state index in [-0.39, 0.29) is 11.3 Å². The van der Waals surface area contributed by atoms with Crippen LogP contribution in [0.1, 0.15) is 10.4 Å². The van der Waals surface area contributed by atoms with Crippen LogP contribution >= 0.6 is 11.6 Å². The van der Waals surface area contributed by atoms with Crippen molar-refractivity contribution in [3.05, 3.63) is 29.8 Å². The first kappa shape index (κ1) is 9.80. The number of benzene rings is 1. The minimum Gasteiger partial charge on any atom is -0.478 e. The minimum absolute atomic E-state index is 0.0856. The Morgan fingerprint density at radius 3 is 2.69 bits per heavy atom. The summed E-state index contributed by atoms with van der Waals surface area (Å²) in [6, 6.07) is 5.67. The highest BCUT2D eigenvalue weighted by Gasteiger charge is 2.12. The van der Waals surface area contributed by atoms with Crippen LogP contribution in [0.2, 0.25) is 0 Å². The first-order valence-electron chi connectivity index (χ1n) is 3.38. The summed E-state index contributed by atoms with van der Waals surface area (Å²) in [6.45, 7) is 0. The van der Waals surface area contributed by atoms with Gasteiger partial charge in [0.05, 0.1) is 0 Å². The molecule has 0 bridgehead atoms. The molecule has 70 valence electrons. The van der Waals surface area contributed by atoms with Gasteiger partial charge < -0.3 is 9.84 Å². The maximum Gasteiger partial charge on any atom is 0.339 e. The van der Waals surface area contributed by atoms with Crippen LogP contribution in [0.15, 0.2) is 24.3 Å². The standard InChI is InChI=1S/C8H6ClFO3/c9-8(10)13-6-4-2-1-3-5(6)7(11)12/h1-4,8H,(H,11,12). The molecule has 0 fully saturated rings. The van der Waals surface area contributed by atoms with Gasteiger partial charge in [-0.3, -0.25) is 0 Å². The van der Waals surface area contributed by atoms with Gasteiger partial charge in [0.1, 0.15) is 11.3 Å². The van der Waals surface area contributed by atoms with Crippen LogP contribution in [0, 0.1) is 0 Å². The van der Waals surface area contributed by atoms with Crippen molar-refractivity contribution < 1.29 is 19.0 Å². The number of rotatable bonds is 3. The number of hydrogen-bond acceptors (Lipinski definition) is 2. The van der Waals surface area contributed by atoms with Crippen molar-refractivity contribution in [1.82, 2.24) is 0 Å². The number of ether oxygens (including phenoxy) is 1. The van der Waals surface area contributed by atoms with Gasteiger partial charge in [-0.1, -0.05) is 12.1 Å². The van der Waals surface area contributed by atoms with Crippen molar-refractivity contribution in [1.29, 1.82) is 0 Å². The third-order valence-electron chi connectivity index (χ3n) is 1.33.